The topological polar surface area (TPSA) is 56.7 Å². The molecular formula is C20H26N4OS. The number of likely N-dealkylation sites (tertiary alicyclic amines) is 1. The SMILES string of the molecule is CN=C(NCc1ccc(C)s1)NCc1ccccc1CN1CCCC1=O. The Morgan fingerprint density at radius 1 is 1.15 bits per heavy atom. The van der Waals surface area contributed by atoms with E-state index in [0.29, 0.717) is 19.5 Å². The number of benzene rings is 1. The van der Waals surface area contributed by atoms with Crippen molar-refractivity contribution < 1.29 is 4.79 Å². The first-order chi connectivity index (χ1) is 12.7. The monoisotopic (exact) mass is 370 g/mol. The van der Waals surface area contributed by atoms with Crippen LogP contribution < -0.4 is 10.6 Å². The number of amides is 1. The molecule has 0 radical (unpaired) electrons. The fourth-order valence-corrected chi connectivity index (χ4v) is 3.94. The van der Waals surface area contributed by atoms with Gasteiger partial charge in [-0.05, 0) is 36.6 Å². The zero-order chi connectivity index (χ0) is 18.4. The van der Waals surface area contributed by atoms with Gasteiger partial charge in [0.15, 0.2) is 5.96 Å². The van der Waals surface area contributed by atoms with Crippen molar-refractivity contribution in [1.82, 2.24) is 15.5 Å². The van der Waals surface area contributed by atoms with Gasteiger partial charge in [0.05, 0.1) is 6.54 Å². The summed E-state index contributed by atoms with van der Waals surface area (Å²) in [6.45, 7) is 5.12. The summed E-state index contributed by atoms with van der Waals surface area (Å²) < 4.78 is 0. The zero-order valence-corrected chi connectivity index (χ0v) is 16.2. The van der Waals surface area contributed by atoms with Crippen LogP contribution in [0.4, 0.5) is 0 Å². The molecule has 0 aliphatic carbocycles. The summed E-state index contributed by atoms with van der Waals surface area (Å²) in [4.78, 5) is 20.8. The lowest BCUT2D eigenvalue weighted by Gasteiger charge is -2.19. The van der Waals surface area contributed by atoms with E-state index in [-0.39, 0.29) is 5.91 Å². The van der Waals surface area contributed by atoms with Crippen LogP contribution in [0.15, 0.2) is 41.4 Å². The molecule has 2 aromatic rings. The minimum atomic E-state index is 0.261. The van der Waals surface area contributed by atoms with E-state index in [1.54, 1.807) is 18.4 Å². The van der Waals surface area contributed by atoms with Crippen molar-refractivity contribution in [1.29, 1.82) is 0 Å². The Labute approximate surface area is 159 Å². The fourth-order valence-electron chi connectivity index (χ4n) is 3.11. The summed E-state index contributed by atoms with van der Waals surface area (Å²) in [5.41, 5.74) is 2.39. The number of aryl methyl sites for hydroxylation is 1. The lowest BCUT2D eigenvalue weighted by molar-refractivity contribution is -0.128. The van der Waals surface area contributed by atoms with Crippen molar-refractivity contribution in [3.05, 3.63) is 57.3 Å². The number of guanidine groups is 1. The quantitative estimate of drug-likeness (QED) is 0.607. The third-order valence-electron chi connectivity index (χ3n) is 4.55. The average molecular weight is 371 g/mol. The second-order valence-corrected chi connectivity index (χ2v) is 7.85. The summed E-state index contributed by atoms with van der Waals surface area (Å²) in [5, 5.41) is 6.73. The Bertz CT molecular complexity index is 784. The molecule has 0 saturated carbocycles. The Morgan fingerprint density at radius 2 is 1.92 bits per heavy atom. The lowest BCUT2D eigenvalue weighted by atomic mass is 10.1. The molecule has 1 aliphatic rings. The molecule has 0 spiro atoms. The van der Waals surface area contributed by atoms with Crippen molar-refractivity contribution in [2.24, 2.45) is 4.99 Å². The highest BCUT2D eigenvalue weighted by molar-refractivity contribution is 7.11. The van der Waals surface area contributed by atoms with Crippen LogP contribution >= 0.6 is 11.3 Å². The van der Waals surface area contributed by atoms with E-state index in [1.807, 2.05) is 17.0 Å². The van der Waals surface area contributed by atoms with Gasteiger partial charge in [-0.25, -0.2) is 0 Å². The van der Waals surface area contributed by atoms with Crippen molar-refractivity contribution in [2.75, 3.05) is 13.6 Å². The van der Waals surface area contributed by atoms with Gasteiger partial charge in [0.25, 0.3) is 0 Å². The van der Waals surface area contributed by atoms with E-state index >= 15 is 0 Å². The molecule has 1 aromatic carbocycles. The molecule has 2 N–H and O–H groups in total. The number of aliphatic imine (C=N–C) groups is 1. The third kappa shape index (κ3) is 4.85. The zero-order valence-electron chi connectivity index (χ0n) is 15.4. The van der Waals surface area contributed by atoms with E-state index in [1.165, 1.54) is 20.9 Å². The minimum Gasteiger partial charge on any atom is -0.352 e. The molecule has 3 rings (SSSR count). The van der Waals surface area contributed by atoms with Gasteiger partial charge in [0.1, 0.15) is 0 Å². The fraction of sp³-hybridized carbons (Fsp3) is 0.400. The van der Waals surface area contributed by atoms with Gasteiger partial charge in [0.2, 0.25) is 5.91 Å². The first-order valence-electron chi connectivity index (χ1n) is 9.00. The average Bonchev–Trinajstić information content (AvgIpc) is 3.25. The maximum Gasteiger partial charge on any atom is 0.222 e. The van der Waals surface area contributed by atoms with Crippen LogP contribution in [-0.4, -0.2) is 30.4 Å². The number of thiophene rings is 1. The summed E-state index contributed by atoms with van der Waals surface area (Å²) >= 11 is 1.79. The Kier molecular flexibility index (Phi) is 6.28. The summed E-state index contributed by atoms with van der Waals surface area (Å²) in [7, 11) is 1.78. The standard InChI is InChI=1S/C20H26N4OS/c1-15-9-10-18(26-15)13-23-20(21-2)22-12-16-6-3-4-7-17(16)14-24-11-5-8-19(24)25/h3-4,6-7,9-10H,5,8,11-14H2,1-2H3,(H2,21,22,23). The second kappa shape index (κ2) is 8.85. The summed E-state index contributed by atoms with van der Waals surface area (Å²) in [6.07, 6.45) is 1.65. The lowest BCUT2D eigenvalue weighted by Crippen LogP contribution is -2.36. The maximum atomic E-state index is 11.9. The first-order valence-corrected chi connectivity index (χ1v) is 9.82. The van der Waals surface area contributed by atoms with Crippen molar-refractivity contribution in [3.8, 4) is 0 Å². The molecule has 138 valence electrons. The van der Waals surface area contributed by atoms with Crippen LogP contribution in [0.5, 0.6) is 0 Å². The van der Waals surface area contributed by atoms with E-state index in [2.05, 4.69) is 46.8 Å². The minimum absolute atomic E-state index is 0.261. The van der Waals surface area contributed by atoms with Gasteiger partial charge in [0, 0.05) is 42.9 Å². The Balaban J connectivity index is 1.56. The molecule has 1 fully saturated rings. The molecule has 1 aliphatic heterocycles. The van der Waals surface area contributed by atoms with Gasteiger partial charge in [-0.15, -0.1) is 11.3 Å². The van der Waals surface area contributed by atoms with Crippen LogP contribution in [0, 0.1) is 6.92 Å². The molecule has 2 heterocycles. The summed E-state index contributed by atoms with van der Waals surface area (Å²) in [6, 6.07) is 12.6. The second-order valence-electron chi connectivity index (χ2n) is 6.48. The molecule has 26 heavy (non-hydrogen) atoms. The third-order valence-corrected chi connectivity index (χ3v) is 5.55. The molecule has 0 bridgehead atoms. The molecule has 5 nitrogen and oxygen atoms in total. The normalized spacial score (nSPS) is 14.8. The highest BCUT2D eigenvalue weighted by atomic mass is 32.1. The number of rotatable bonds is 6. The van der Waals surface area contributed by atoms with Crippen LogP contribution in [0.25, 0.3) is 0 Å². The smallest absolute Gasteiger partial charge is 0.222 e. The maximum absolute atomic E-state index is 11.9. The number of carbonyl (C=O) groups excluding carboxylic acids is 1. The van der Waals surface area contributed by atoms with Gasteiger partial charge in [-0.3, -0.25) is 9.79 Å². The first kappa shape index (κ1) is 18.5. The predicted octanol–water partition coefficient (Wildman–Crippen LogP) is 3.04. The number of carbonyl (C=O) groups is 1. The highest BCUT2D eigenvalue weighted by Crippen LogP contribution is 2.17. The molecule has 0 unspecified atom stereocenters. The highest BCUT2D eigenvalue weighted by Gasteiger charge is 2.20. The molecule has 0 atom stereocenters. The van der Waals surface area contributed by atoms with Crippen LogP contribution in [0.3, 0.4) is 0 Å². The number of hydrogen-bond donors (Lipinski definition) is 2. The Morgan fingerprint density at radius 3 is 2.58 bits per heavy atom. The molecule has 1 saturated heterocycles. The van der Waals surface area contributed by atoms with E-state index in [9.17, 15) is 4.79 Å². The largest absolute Gasteiger partial charge is 0.352 e. The van der Waals surface area contributed by atoms with Crippen LogP contribution in [0.1, 0.15) is 33.7 Å². The number of hydrogen-bond acceptors (Lipinski definition) is 3. The van der Waals surface area contributed by atoms with E-state index in [4.69, 9.17) is 0 Å². The van der Waals surface area contributed by atoms with Crippen LogP contribution in [-0.2, 0) is 24.4 Å². The molecule has 1 aromatic heterocycles. The van der Waals surface area contributed by atoms with E-state index < -0.39 is 0 Å². The van der Waals surface area contributed by atoms with E-state index in [0.717, 1.165) is 25.5 Å². The van der Waals surface area contributed by atoms with Gasteiger partial charge < -0.3 is 15.5 Å². The molecular weight excluding hydrogens is 344 g/mol. The Hall–Kier alpha value is -2.34. The molecule has 1 amide bonds. The van der Waals surface area contributed by atoms with Crippen molar-refractivity contribution in [2.45, 2.75) is 39.4 Å². The number of nitrogens with one attached hydrogen (secondary N) is 2. The predicted molar refractivity (Wildman–Crippen MR) is 107 cm³/mol. The van der Waals surface area contributed by atoms with Gasteiger partial charge in [-0.2, -0.15) is 0 Å². The van der Waals surface area contributed by atoms with Crippen LogP contribution in [0.2, 0.25) is 0 Å². The molecule has 6 heteroatoms. The summed E-state index contributed by atoms with van der Waals surface area (Å²) in [5.74, 6) is 1.04. The van der Waals surface area contributed by atoms with Gasteiger partial charge >= 0.3 is 0 Å². The number of nitrogens with zero attached hydrogens (tertiary/aromatic N) is 2. The van der Waals surface area contributed by atoms with Crippen molar-refractivity contribution in [3.63, 3.8) is 0 Å². The van der Waals surface area contributed by atoms with Crippen molar-refractivity contribution >= 4 is 23.2 Å². The van der Waals surface area contributed by atoms with Gasteiger partial charge in [-0.1, -0.05) is 24.3 Å².